The van der Waals surface area contributed by atoms with Crippen molar-refractivity contribution in [1.29, 1.82) is 0 Å². The zero-order chi connectivity index (χ0) is 16.3. The number of carbonyl (C=O) groups is 1. The molecule has 0 aliphatic carbocycles. The van der Waals surface area contributed by atoms with Crippen LogP contribution in [-0.4, -0.2) is 12.0 Å². The Labute approximate surface area is 147 Å². The molecule has 1 amide bonds. The van der Waals surface area contributed by atoms with Crippen molar-refractivity contribution in [1.82, 2.24) is 0 Å². The SMILES string of the molecule is Cc1ccc(Cl)cc1NC(=O)C(C)Oc1ccc(Cl)cc1Br. The lowest BCUT2D eigenvalue weighted by Crippen LogP contribution is -2.30. The predicted molar refractivity (Wildman–Crippen MR) is 94.1 cm³/mol. The molecule has 2 aromatic carbocycles. The average Bonchev–Trinajstić information content (AvgIpc) is 2.45. The molecule has 0 fully saturated rings. The lowest BCUT2D eigenvalue weighted by molar-refractivity contribution is -0.122. The third-order valence-electron chi connectivity index (χ3n) is 3.02. The molecule has 2 aromatic rings. The van der Waals surface area contributed by atoms with Gasteiger partial charge in [-0.15, -0.1) is 0 Å². The van der Waals surface area contributed by atoms with E-state index < -0.39 is 6.10 Å². The Kier molecular flexibility index (Phi) is 5.73. The smallest absolute Gasteiger partial charge is 0.265 e. The Balaban J connectivity index is 2.07. The first-order chi connectivity index (χ1) is 10.4. The lowest BCUT2D eigenvalue weighted by Gasteiger charge is -2.17. The Morgan fingerprint density at radius 1 is 1.18 bits per heavy atom. The van der Waals surface area contributed by atoms with E-state index in [4.69, 9.17) is 27.9 Å². The maximum Gasteiger partial charge on any atom is 0.265 e. The summed E-state index contributed by atoms with van der Waals surface area (Å²) in [6, 6.07) is 10.5. The van der Waals surface area contributed by atoms with Crippen LogP contribution in [-0.2, 0) is 4.79 Å². The van der Waals surface area contributed by atoms with E-state index in [9.17, 15) is 4.79 Å². The van der Waals surface area contributed by atoms with Crippen LogP contribution in [0.5, 0.6) is 5.75 Å². The van der Waals surface area contributed by atoms with E-state index in [0.29, 0.717) is 26.0 Å². The van der Waals surface area contributed by atoms with Gasteiger partial charge in [-0.2, -0.15) is 0 Å². The van der Waals surface area contributed by atoms with Gasteiger partial charge in [0.05, 0.1) is 4.47 Å². The topological polar surface area (TPSA) is 38.3 Å². The van der Waals surface area contributed by atoms with Gasteiger partial charge in [-0.3, -0.25) is 4.79 Å². The minimum Gasteiger partial charge on any atom is -0.480 e. The molecule has 0 saturated heterocycles. The van der Waals surface area contributed by atoms with Crippen molar-refractivity contribution in [3.05, 3.63) is 56.5 Å². The molecule has 0 bridgehead atoms. The van der Waals surface area contributed by atoms with Crippen molar-refractivity contribution in [3.8, 4) is 5.75 Å². The number of hydrogen-bond acceptors (Lipinski definition) is 2. The highest BCUT2D eigenvalue weighted by Crippen LogP contribution is 2.29. The van der Waals surface area contributed by atoms with E-state index in [0.717, 1.165) is 5.56 Å². The first kappa shape index (κ1) is 17.1. The first-order valence-corrected chi connectivity index (χ1v) is 8.10. The number of anilines is 1. The highest BCUT2D eigenvalue weighted by Gasteiger charge is 2.17. The molecule has 22 heavy (non-hydrogen) atoms. The molecule has 0 aliphatic heterocycles. The second-order valence-corrected chi connectivity index (χ2v) is 6.51. The third-order valence-corrected chi connectivity index (χ3v) is 4.11. The highest BCUT2D eigenvalue weighted by molar-refractivity contribution is 9.10. The zero-order valence-electron chi connectivity index (χ0n) is 12.0. The van der Waals surface area contributed by atoms with Gasteiger partial charge in [-0.1, -0.05) is 29.3 Å². The van der Waals surface area contributed by atoms with Crippen molar-refractivity contribution in [2.75, 3.05) is 5.32 Å². The fraction of sp³-hybridized carbons (Fsp3) is 0.188. The van der Waals surface area contributed by atoms with E-state index in [1.165, 1.54) is 0 Å². The Bertz CT molecular complexity index is 707. The Morgan fingerprint density at radius 2 is 1.82 bits per heavy atom. The van der Waals surface area contributed by atoms with Gasteiger partial charge in [0.15, 0.2) is 6.10 Å². The third kappa shape index (κ3) is 4.38. The molecule has 3 nitrogen and oxygen atoms in total. The largest absolute Gasteiger partial charge is 0.480 e. The molecular formula is C16H14BrCl2NO2. The summed E-state index contributed by atoms with van der Waals surface area (Å²) >= 11 is 15.2. The van der Waals surface area contributed by atoms with Gasteiger partial charge in [0.1, 0.15) is 5.75 Å². The Morgan fingerprint density at radius 3 is 2.50 bits per heavy atom. The molecule has 0 aliphatic rings. The summed E-state index contributed by atoms with van der Waals surface area (Å²) in [5, 5.41) is 3.97. The molecule has 0 saturated carbocycles. The van der Waals surface area contributed by atoms with Gasteiger partial charge in [0.25, 0.3) is 5.91 Å². The van der Waals surface area contributed by atoms with E-state index >= 15 is 0 Å². The van der Waals surface area contributed by atoms with Gasteiger partial charge in [-0.05, 0) is 65.7 Å². The summed E-state index contributed by atoms with van der Waals surface area (Å²) in [4.78, 5) is 12.2. The van der Waals surface area contributed by atoms with Crippen LogP contribution in [0.15, 0.2) is 40.9 Å². The summed E-state index contributed by atoms with van der Waals surface area (Å²) in [6.07, 6.45) is -0.671. The second-order valence-electron chi connectivity index (χ2n) is 4.78. The van der Waals surface area contributed by atoms with Crippen molar-refractivity contribution in [2.45, 2.75) is 20.0 Å². The Hall–Kier alpha value is -1.23. The number of ether oxygens (including phenoxy) is 1. The van der Waals surface area contributed by atoms with Crippen LogP contribution >= 0.6 is 39.1 Å². The number of amides is 1. The van der Waals surface area contributed by atoms with Gasteiger partial charge in [0, 0.05) is 15.7 Å². The van der Waals surface area contributed by atoms with Gasteiger partial charge in [0.2, 0.25) is 0 Å². The number of benzene rings is 2. The van der Waals surface area contributed by atoms with Crippen molar-refractivity contribution in [2.24, 2.45) is 0 Å². The minimum atomic E-state index is -0.671. The van der Waals surface area contributed by atoms with E-state index in [-0.39, 0.29) is 5.91 Å². The number of halogens is 3. The predicted octanol–water partition coefficient (Wildman–Crippen LogP) is 5.47. The second kappa shape index (κ2) is 7.36. The van der Waals surface area contributed by atoms with Crippen LogP contribution in [0.4, 0.5) is 5.69 Å². The minimum absolute atomic E-state index is 0.257. The molecule has 116 valence electrons. The molecular weight excluding hydrogens is 389 g/mol. The number of rotatable bonds is 4. The van der Waals surface area contributed by atoms with Crippen molar-refractivity contribution in [3.63, 3.8) is 0 Å². The molecule has 1 unspecified atom stereocenters. The molecule has 2 rings (SSSR count). The van der Waals surface area contributed by atoms with Crippen LogP contribution in [0.2, 0.25) is 10.0 Å². The van der Waals surface area contributed by atoms with E-state index in [1.807, 2.05) is 13.0 Å². The average molecular weight is 403 g/mol. The molecule has 0 aromatic heterocycles. The summed E-state index contributed by atoms with van der Waals surface area (Å²) in [5.41, 5.74) is 1.60. The number of aryl methyl sites for hydroxylation is 1. The van der Waals surface area contributed by atoms with Crippen LogP contribution in [0, 0.1) is 6.92 Å². The molecule has 1 N–H and O–H groups in total. The van der Waals surface area contributed by atoms with Crippen molar-refractivity contribution < 1.29 is 9.53 Å². The fourth-order valence-electron chi connectivity index (χ4n) is 1.78. The van der Waals surface area contributed by atoms with Gasteiger partial charge < -0.3 is 10.1 Å². The van der Waals surface area contributed by atoms with Gasteiger partial charge in [-0.25, -0.2) is 0 Å². The summed E-state index contributed by atoms with van der Waals surface area (Å²) in [5.74, 6) is 0.294. The summed E-state index contributed by atoms with van der Waals surface area (Å²) in [7, 11) is 0. The number of hydrogen-bond donors (Lipinski definition) is 1. The van der Waals surface area contributed by atoms with E-state index in [2.05, 4.69) is 21.2 Å². The fourth-order valence-corrected chi connectivity index (χ4v) is 2.73. The quantitative estimate of drug-likeness (QED) is 0.736. The summed E-state index contributed by atoms with van der Waals surface area (Å²) in [6.45, 7) is 3.57. The molecule has 0 spiro atoms. The monoisotopic (exact) mass is 401 g/mol. The van der Waals surface area contributed by atoms with Gasteiger partial charge >= 0.3 is 0 Å². The molecule has 0 heterocycles. The molecule has 1 atom stereocenters. The lowest BCUT2D eigenvalue weighted by atomic mass is 10.2. The molecule has 0 radical (unpaired) electrons. The first-order valence-electron chi connectivity index (χ1n) is 6.55. The van der Waals surface area contributed by atoms with Crippen molar-refractivity contribution >= 4 is 50.7 Å². The maximum atomic E-state index is 12.2. The number of carbonyl (C=O) groups excluding carboxylic acids is 1. The molecule has 6 heteroatoms. The van der Waals surface area contributed by atoms with Crippen LogP contribution < -0.4 is 10.1 Å². The van der Waals surface area contributed by atoms with E-state index in [1.54, 1.807) is 37.3 Å². The maximum absolute atomic E-state index is 12.2. The van der Waals surface area contributed by atoms with Crippen LogP contribution in [0.25, 0.3) is 0 Å². The number of nitrogens with one attached hydrogen (secondary N) is 1. The summed E-state index contributed by atoms with van der Waals surface area (Å²) < 4.78 is 6.35. The highest BCUT2D eigenvalue weighted by atomic mass is 79.9. The van der Waals surface area contributed by atoms with Crippen LogP contribution in [0.3, 0.4) is 0 Å². The zero-order valence-corrected chi connectivity index (χ0v) is 15.1. The standard InChI is InChI=1S/C16H14BrCl2NO2/c1-9-3-4-12(19)8-14(9)20-16(21)10(2)22-15-6-5-11(18)7-13(15)17/h3-8,10H,1-2H3,(H,20,21). The van der Waals surface area contributed by atoms with Crippen LogP contribution in [0.1, 0.15) is 12.5 Å². The normalized spacial score (nSPS) is 11.9.